The normalized spacial score (nSPS) is 11.6. The van der Waals surface area contributed by atoms with E-state index in [1.54, 1.807) is 18.2 Å². The van der Waals surface area contributed by atoms with E-state index in [9.17, 15) is 13.2 Å². The van der Waals surface area contributed by atoms with Crippen LogP contribution in [0.3, 0.4) is 0 Å². The number of nitrogens with two attached hydrogens (primary N) is 1. The average molecular weight is 350 g/mol. The zero-order valence-electron chi connectivity index (χ0n) is 10.7. The van der Waals surface area contributed by atoms with E-state index in [1.807, 2.05) is 0 Å². The Morgan fingerprint density at radius 1 is 1.42 bits per heavy atom. The van der Waals surface area contributed by atoms with E-state index in [2.05, 4.69) is 21.2 Å². The maximum absolute atomic E-state index is 11.8. The van der Waals surface area contributed by atoms with E-state index in [-0.39, 0.29) is 18.2 Å². The Kier molecular flexibility index (Phi) is 5.33. The number of nitrogen functional groups attached to an aromatic ring is 1. The summed E-state index contributed by atoms with van der Waals surface area (Å²) >= 11 is 3.23. The molecule has 19 heavy (non-hydrogen) atoms. The Hall–Kier alpha value is -1.12. The van der Waals surface area contributed by atoms with Crippen LogP contribution in [0.2, 0.25) is 0 Å². The monoisotopic (exact) mass is 349 g/mol. The van der Waals surface area contributed by atoms with E-state index in [0.717, 1.165) is 4.31 Å². The molecule has 0 atom stereocenters. The highest BCUT2D eigenvalue weighted by Gasteiger charge is 2.14. The van der Waals surface area contributed by atoms with Crippen molar-refractivity contribution in [2.75, 3.05) is 32.1 Å². The highest BCUT2D eigenvalue weighted by molar-refractivity contribution is 9.10. The number of anilines is 1. The summed E-state index contributed by atoms with van der Waals surface area (Å²) in [6, 6.07) is 4.77. The third-order valence-electron chi connectivity index (χ3n) is 2.46. The van der Waals surface area contributed by atoms with Crippen molar-refractivity contribution in [1.82, 2.24) is 9.62 Å². The van der Waals surface area contributed by atoms with Gasteiger partial charge in [-0.1, -0.05) is 0 Å². The molecule has 0 bridgehead atoms. The highest BCUT2D eigenvalue weighted by atomic mass is 79.9. The van der Waals surface area contributed by atoms with Crippen LogP contribution in [0.15, 0.2) is 22.7 Å². The Labute approximate surface area is 121 Å². The van der Waals surface area contributed by atoms with Gasteiger partial charge in [0.2, 0.25) is 10.0 Å². The molecule has 8 heteroatoms. The molecule has 0 aliphatic carbocycles. The first-order valence-corrected chi connectivity index (χ1v) is 7.87. The highest BCUT2D eigenvalue weighted by Crippen LogP contribution is 2.20. The van der Waals surface area contributed by atoms with Crippen molar-refractivity contribution in [3.8, 4) is 0 Å². The lowest BCUT2D eigenvalue weighted by atomic mass is 10.2. The molecule has 1 rings (SSSR count). The van der Waals surface area contributed by atoms with E-state index < -0.39 is 10.0 Å². The summed E-state index contributed by atoms with van der Waals surface area (Å²) in [5, 5.41) is 2.55. The Morgan fingerprint density at radius 3 is 2.58 bits per heavy atom. The lowest BCUT2D eigenvalue weighted by Crippen LogP contribution is -2.33. The lowest BCUT2D eigenvalue weighted by Gasteiger charge is -2.11. The van der Waals surface area contributed by atoms with Crippen LogP contribution in [0.4, 0.5) is 5.69 Å². The average Bonchev–Trinajstić information content (AvgIpc) is 2.32. The van der Waals surface area contributed by atoms with Gasteiger partial charge < -0.3 is 11.1 Å². The number of carbonyl (C=O) groups excluding carboxylic acids is 1. The molecule has 0 heterocycles. The molecule has 0 fully saturated rings. The molecular formula is C11H16BrN3O3S. The molecule has 3 N–H and O–H groups in total. The van der Waals surface area contributed by atoms with Gasteiger partial charge in [0.1, 0.15) is 0 Å². The van der Waals surface area contributed by atoms with Crippen molar-refractivity contribution in [3.63, 3.8) is 0 Å². The molecule has 0 saturated carbocycles. The molecule has 0 unspecified atom stereocenters. The molecule has 0 aromatic heterocycles. The van der Waals surface area contributed by atoms with Crippen LogP contribution >= 0.6 is 15.9 Å². The number of amides is 1. The zero-order valence-corrected chi connectivity index (χ0v) is 13.1. The first-order chi connectivity index (χ1) is 8.74. The number of nitrogens with zero attached hydrogens (tertiary/aromatic N) is 1. The Morgan fingerprint density at radius 2 is 2.05 bits per heavy atom. The first-order valence-electron chi connectivity index (χ1n) is 5.47. The summed E-state index contributed by atoms with van der Waals surface area (Å²) in [4.78, 5) is 11.8. The van der Waals surface area contributed by atoms with Gasteiger partial charge in [0.15, 0.2) is 0 Å². The number of sulfonamides is 1. The number of rotatable bonds is 5. The van der Waals surface area contributed by atoms with Gasteiger partial charge >= 0.3 is 0 Å². The van der Waals surface area contributed by atoms with Gasteiger partial charge in [0.25, 0.3) is 5.91 Å². The summed E-state index contributed by atoms with van der Waals surface area (Å²) < 4.78 is 24.7. The quantitative estimate of drug-likeness (QED) is 0.763. The van der Waals surface area contributed by atoms with Crippen molar-refractivity contribution in [2.24, 2.45) is 0 Å². The van der Waals surface area contributed by atoms with E-state index in [0.29, 0.717) is 15.7 Å². The van der Waals surface area contributed by atoms with E-state index in [1.165, 1.54) is 14.1 Å². The SMILES string of the molecule is CN(C)S(=O)(=O)CCNC(=O)c1ccc(N)c(Br)c1. The van der Waals surface area contributed by atoms with Gasteiger partial charge in [0, 0.05) is 36.4 Å². The third kappa shape index (κ3) is 4.48. The summed E-state index contributed by atoms with van der Waals surface area (Å²) in [6.45, 7) is 0.0569. The third-order valence-corrected chi connectivity index (χ3v) is 4.98. The van der Waals surface area contributed by atoms with Crippen LogP contribution in [0, 0.1) is 0 Å². The molecule has 0 aliphatic heterocycles. The molecular weight excluding hydrogens is 334 g/mol. The molecule has 1 aromatic carbocycles. The topological polar surface area (TPSA) is 92.5 Å². The predicted molar refractivity (Wildman–Crippen MR) is 78.4 cm³/mol. The van der Waals surface area contributed by atoms with Crippen molar-refractivity contribution in [1.29, 1.82) is 0 Å². The van der Waals surface area contributed by atoms with Gasteiger partial charge in [-0.25, -0.2) is 12.7 Å². The molecule has 1 amide bonds. The van der Waals surface area contributed by atoms with Gasteiger partial charge in [-0.15, -0.1) is 0 Å². The summed E-state index contributed by atoms with van der Waals surface area (Å²) in [5.41, 5.74) is 6.57. The van der Waals surface area contributed by atoms with Crippen LogP contribution in [-0.4, -0.2) is 45.0 Å². The number of benzene rings is 1. The molecule has 0 spiro atoms. The molecule has 106 valence electrons. The minimum Gasteiger partial charge on any atom is -0.398 e. The van der Waals surface area contributed by atoms with Gasteiger partial charge in [0.05, 0.1) is 5.75 Å². The smallest absolute Gasteiger partial charge is 0.251 e. The van der Waals surface area contributed by atoms with E-state index in [4.69, 9.17) is 5.73 Å². The van der Waals surface area contributed by atoms with Crippen molar-refractivity contribution in [2.45, 2.75) is 0 Å². The second kappa shape index (κ2) is 6.36. The van der Waals surface area contributed by atoms with Crippen molar-refractivity contribution < 1.29 is 13.2 Å². The first kappa shape index (κ1) is 15.9. The minimum atomic E-state index is -3.30. The fourth-order valence-corrected chi connectivity index (χ4v) is 2.35. The second-order valence-electron chi connectivity index (χ2n) is 4.09. The number of hydrogen-bond acceptors (Lipinski definition) is 4. The molecule has 1 aromatic rings. The summed E-state index contributed by atoms with van der Waals surface area (Å²) in [6.07, 6.45) is 0. The maximum Gasteiger partial charge on any atom is 0.251 e. The van der Waals surface area contributed by atoms with Crippen LogP contribution in [-0.2, 0) is 10.0 Å². The van der Waals surface area contributed by atoms with Crippen LogP contribution in [0.5, 0.6) is 0 Å². The second-order valence-corrected chi connectivity index (χ2v) is 7.25. The Balaban J connectivity index is 2.59. The van der Waals surface area contributed by atoms with Crippen molar-refractivity contribution in [3.05, 3.63) is 28.2 Å². The number of nitrogens with one attached hydrogen (secondary N) is 1. The summed E-state index contributed by atoms with van der Waals surface area (Å²) in [5.74, 6) is -0.475. The van der Waals surface area contributed by atoms with E-state index >= 15 is 0 Å². The molecule has 0 saturated heterocycles. The van der Waals surface area contributed by atoms with Crippen molar-refractivity contribution >= 4 is 37.5 Å². The van der Waals surface area contributed by atoms with Gasteiger partial charge in [-0.2, -0.15) is 0 Å². The standard InChI is InChI=1S/C11H16BrN3O3S/c1-15(2)19(17,18)6-5-14-11(16)8-3-4-10(13)9(12)7-8/h3-4,7H,5-6,13H2,1-2H3,(H,14,16). The molecule has 6 nitrogen and oxygen atoms in total. The number of carbonyl (C=O) groups is 1. The fraction of sp³-hybridized carbons (Fsp3) is 0.364. The van der Waals surface area contributed by atoms with Gasteiger partial charge in [-0.05, 0) is 34.1 Å². The lowest BCUT2D eigenvalue weighted by molar-refractivity contribution is 0.0956. The largest absolute Gasteiger partial charge is 0.398 e. The van der Waals surface area contributed by atoms with Crippen LogP contribution in [0.25, 0.3) is 0 Å². The van der Waals surface area contributed by atoms with Crippen LogP contribution < -0.4 is 11.1 Å². The summed E-state index contributed by atoms with van der Waals surface area (Å²) in [7, 11) is -0.396. The maximum atomic E-state index is 11.8. The number of halogens is 1. The molecule has 0 aliphatic rings. The van der Waals surface area contributed by atoms with Crippen LogP contribution in [0.1, 0.15) is 10.4 Å². The zero-order chi connectivity index (χ0) is 14.6. The fourth-order valence-electron chi connectivity index (χ4n) is 1.25. The minimum absolute atomic E-state index is 0.0569. The number of hydrogen-bond donors (Lipinski definition) is 2. The predicted octanol–water partition coefficient (Wildman–Crippen LogP) is 0.653. The Bertz CT molecular complexity index is 573. The molecule has 0 radical (unpaired) electrons. The van der Waals surface area contributed by atoms with Gasteiger partial charge in [-0.3, -0.25) is 4.79 Å².